The van der Waals surface area contributed by atoms with E-state index in [0.717, 1.165) is 11.3 Å². The SMILES string of the molecule is OCCN1C(=S)NC(c2ccccn2)C1c1ccc(-c2cccc(Cl)c2Cl)o1. The van der Waals surface area contributed by atoms with E-state index in [1.165, 1.54) is 0 Å². The molecule has 4 rings (SSSR count). The minimum atomic E-state index is -0.249. The lowest BCUT2D eigenvalue weighted by Gasteiger charge is -2.25. The molecule has 1 aliphatic heterocycles. The van der Waals surface area contributed by atoms with Crippen molar-refractivity contribution in [3.63, 3.8) is 0 Å². The summed E-state index contributed by atoms with van der Waals surface area (Å²) in [4.78, 5) is 6.38. The van der Waals surface area contributed by atoms with Crippen molar-refractivity contribution in [2.24, 2.45) is 0 Å². The van der Waals surface area contributed by atoms with Gasteiger partial charge in [0.2, 0.25) is 0 Å². The lowest BCUT2D eigenvalue weighted by atomic mass is 10.0. The van der Waals surface area contributed by atoms with E-state index in [1.807, 2.05) is 47.4 Å². The molecule has 1 saturated heterocycles. The molecule has 2 atom stereocenters. The summed E-state index contributed by atoms with van der Waals surface area (Å²) in [5, 5.41) is 14.3. The smallest absolute Gasteiger partial charge is 0.170 e. The maximum absolute atomic E-state index is 9.51. The van der Waals surface area contributed by atoms with Gasteiger partial charge in [-0.2, -0.15) is 0 Å². The molecule has 1 aromatic carbocycles. The topological polar surface area (TPSA) is 61.5 Å². The van der Waals surface area contributed by atoms with Crippen molar-refractivity contribution >= 4 is 40.5 Å². The fourth-order valence-corrected chi connectivity index (χ4v) is 4.14. The zero-order chi connectivity index (χ0) is 19.7. The van der Waals surface area contributed by atoms with Gasteiger partial charge in [-0.15, -0.1) is 0 Å². The summed E-state index contributed by atoms with van der Waals surface area (Å²) in [5.74, 6) is 1.31. The van der Waals surface area contributed by atoms with Gasteiger partial charge < -0.3 is 19.7 Å². The quantitative estimate of drug-likeness (QED) is 0.572. The van der Waals surface area contributed by atoms with Crippen LogP contribution in [-0.4, -0.2) is 33.3 Å². The number of β-amino-alcohol motifs (C(OH)–C–C–N with tert-alkyl or cyclic N) is 1. The van der Waals surface area contributed by atoms with Gasteiger partial charge >= 0.3 is 0 Å². The minimum Gasteiger partial charge on any atom is -0.459 e. The van der Waals surface area contributed by atoms with Gasteiger partial charge in [0.15, 0.2) is 5.11 Å². The van der Waals surface area contributed by atoms with Gasteiger partial charge in [-0.3, -0.25) is 4.98 Å². The molecule has 2 aromatic heterocycles. The fraction of sp³-hybridized carbons (Fsp3) is 0.200. The summed E-state index contributed by atoms with van der Waals surface area (Å²) in [5.41, 5.74) is 1.56. The number of furan rings is 1. The maximum Gasteiger partial charge on any atom is 0.170 e. The predicted octanol–water partition coefficient (Wildman–Crippen LogP) is 4.61. The normalized spacial score (nSPS) is 19.1. The van der Waals surface area contributed by atoms with Crippen LogP contribution >= 0.6 is 35.4 Å². The van der Waals surface area contributed by atoms with Crippen LogP contribution in [0.15, 0.2) is 59.1 Å². The predicted molar refractivity (Wildman–Crippen MR) is 113 cm³/mol. The first-order valence-corrected chi connectivity index (χ1v) is 9.89. The largest absolute Gasteiger partial charge is 0.459 e. The highest BCUT2D eigenvalue weighted by atomic mass is 35.5. The lowest BCUT2D eigenvalue weighted by molar-refractivity contribution is 0.209. The summed E-state index contributed by atoms with van der Waals surface area (Å²) < 4.78 is 6.17. The Bertz CT molecular complexity index is 996. The summed E-state index contributed by atoms with van der Waals surface area (Å²) in [6, 6.07) is 14.5. The molecule has 0 amide bonds. The molecule has 144 valence electrons. The zero-order valence-electron chi connectivity index (χ0n) is 14.7. The van der Waals surface area contributed by atoms with Crippen molar-refractivity contribution in [3.8, 4) is 11.3 Å². The van der Waals surface area contributed by atoms with Crippen molar-refractivity contribution < 1.29 is 9.52 Å². The average molecular weight is 434 g/mol. The van der Waals surface area contributed by atoms with Gasteiger partial charge in [0, 0.05) is 18.3 Å². The van der Waals surface area contributed by atoms with E-state index in [0.29, 0.717) is 33.2 Å². The van der Waals surface area contributed by atoms with Gasteiger partial charge in [-0.25, -0.2) is 0 Å². The van der Waals surface area contributed by atoms with Crippen molar-refractivity contribution in [2.75, 3.05) is 13.2 Å². The summed E-state index contributed by atoms with van der Waals surface area (Å²) in [7, 11) is 0. The van der Waals surface area contributed by atoms with Crippen LogP contribution in [0.3, 0.4) is 0 Å². The minimum absolute atomic E-state index is 0.0268. The standard InChI is InChI=1S/C20H17Cl2N3O2S/c21-13-5-3-4-12(17(13)22)15-7-8-16(27-15)19-18(14-6-1-2-9-23-14)24-20(28)25(19)10-11-26/h1-9,18-19,26H,10-11H2,(H,24,28). The fourth-order valence-electron chi connectivity index (χ4n) is 3.41. The van der Waals surface area contributed by atoms with Crippen LogP contribution in [-0.2, 0) is 0 Å². The Balaban J connectivity index is 1.75. The number of benzene rings is 1. The Morgan fingerprint density at radius 2 is 2.00 bits per heavy atom. The Morgan fingerprint density at radius 1 is 1.14 bits per heavy atom. The molecule has 3 aromatic rings. The number of nitrogens with zero attached hydrogens (tertiary/aromatic N) is 2. The molecule has 1 aliphatic rings. The third-order valence-corrected chi connectivity index (χ3v) is 5.85. The molecule has 5 nitrogen and oxygen atoms in total. The van der Waals surface area contributed by atoms with Gasteiger partial charge in [-0.05, 0) is 48.6 Å². The van der Waals surface area contributed by atoms with E-state index in [2.05, 4.69) is 10.3 Å². The second-order valence-electron chi connectivity index (χ2n) is 6.35. The molecule has 2 N–H and O–H groups in total. The van der Waals surface area contributed by atoms with E-state index >= 15 is 0 Å². The molecular formula is C20H17Cl2N3O2S. The van der Waals surface area contributed by atoms with E-state index in [4.69, 9.17) is 39.8 Å². The molecule has 0 aliphatic carbocycles. The number of hydrogen-bond acceptors (Lipinski definition) is 4. The number of thiocarbonyl (C=S) groups is 1. The van der Waals surface area contributed by atoms with Crippen LogP contribution in [0.1, 0.15) is 23.5 Å². The Hall–Kier alpha value is -2.12. The maximum atomic E-state index is 9.51. The van der Waals surface area contributed by atoms with E-state index in [9.17, 15) is 5.11 Å². The first-order valence-electron chi connectivity index (χ1n) is 8.73. The number of nitrogens with one attached hydrogen (secondary N) is 1. The molecule has 0 spiro atoms. The third kappa shape index (κ3) is 3.49. The van der Waals surface area contributed by atoms with Gasteiger partial charge in [0.1, 0.15) is 17.6 Å². The van der Waals surface area contributed by atoms with Gasteiger partial charge in [0.05, 0.1) is 28.4 Å². The molecule has 2 unspecified atom stereocenters. The zero-order valence-corrected chi connectivity index (χ0v) is 17.0. The summed E-state index contributed by atoms with van der Waals surface area (Å²) >= 11 is 18.0. The third-order valence-electron chi connectivity index (χ3n) is 4.67. The number of rotatable bonds is 5. The molecule has 0 saturated carbocycles. The highest BCUT2D eigenvalue weighted by Gasteiger charge is 2.41. The van der Waals surface area contributed by atoms with Crippen molar-refractivity contribution in [1.82, 2.24) is 15.2 Å². The molecule has 28 heavy (non-hydrogen) atoms. The van der Waals surface area contributed by atoms with Crippen molar-refractivity contribution in [3.05, 3.63) is 76.2 Å². The van der Waals surface area contributed by atoms with Crippen LogP contribution in [0.2, 0.25) is 10.0 Å². The molecular weight excluding hydrogens is 417 g/mol. The van der Waals surface area contributed by atoms with Crippen molar-refractivity contribution in [1.29, 1.82) is 0 Å². The monoisotopic (exact) mass is 433 g/mol. The number of aliphatic hydroxyl groups excluding tert-OH is 1. The van der Waals surface area contributed by atoms with Crippen LogP contribution in [0.4, 0.5) is 0 Å². The van der Waals surface area contributed by atoms with Crippen LogP contribution in [0.25, 0.3) is 11.3 Å². The summed E-state index contributed by atoms with van der Waals surface area (Å²) in [6.07, 6.45) is 1.74. The van der Waals surface area contributed by atoms with E-state index in [1.54, 1.807) is 12.3 Å². The second-order valence-corrected chi connectivity index (χ2v) is 7.52. The highest BCUT2D eigenvalue weighted by Crippen LogP contribution is 2.41. The number of hydrogen-bond donors (Lipinski definition) is 2. The van der Waals surface area contributed by atoms with Crippen LogP contribution in [0.5, 0.6) is 0 Å². The number of aromatic nitrogens is 1. The Morgan fingerprint density at radius 3 is 2.75 bits per heavy atom. The lowest BCUT2D eigenvalue weighted by Crippen LogP contribution is -2.32. The van der Waals surface area contributed by atoms with E-state index < -0.39 is 0 Å². The molecule has 0 radical (unpaired) electrons. The Labute approximate surface area is 177 Å². The number of pyridine rings is 1. The summed E-state index contributed by atoms with van der Waals surface area (Å²) in [6.45, 7) is 0.356. The number of aliphatic hydroxyl groups is 1. The van der Waals surface area contributed by atoms with E-state index in [-0.39, 0.29) is 18.7 Å². The van der Waals surface area contributed by atoms with Crippen LogP contribution < -0.4 is 5.32 Å². The van der Waals surface area contributed by atoms with Crippen molar-refractivity contribution in [2.45, 2.75) is 12.1 Å². The molecule has 3 heterocycles. The molecule has 8 heteroatoms. The second kappa shape index (κ2) is 8.09. The average Bonchev–Trinajstić information content (AvgIpc) is 3.30. The number of halogens is 2. The first-order chi connectivity index (χ1) is 13.6. The Kier molecular flexibility index (Phi) is 5.55. The van der Waals surface area contributed by atoms with Crippen LogP contribution in [0, 0.1) is 0 Å². The first kappa shape index (κ1) is 19.2. The van der Waals surface area contributed by atoms with Gasteiger partial charge in [-0.1, -0.05) is 35.3 Å². The van der Waals surface area contributed by atoms with Gasteiger partial charge in [0.25, 0.3) is 0 Å². The molecule has 1 fully saturated rings. The highest BCUT2D eigenvalue weighted by molar-refractivity contribution is 7.80. The molecule has 0 bridgehead atoms.